The number of hydrogen-bond acceptors (Lipinski definition) is 9. The summed E-state index contributed by atoms with van der Waals surface area (Å²) in [4.78, 5) is 12.0. The molecule has 0 aliphatic heterocycles. The van der Waals surface area contributed by atoms with Gasteiger partial charge in [0.05, 0.1) is 28.1 Å². The van der Waals surface area contributed by atoms with E-state index in [0.29, 0.717) is 37.6 Å². The first-order chi connectivity index (χ1) is 15.9. The third-order valence-corrected chi connectivity index (χ3v) is 6.73. The van der Waals surface area contributed by atoms with Crippen molar-refractivity contribution in [2.75, 3.05) is 18.1 Å². The molecule has 0 fully saturated rings. The first kappa shape index (κ1) is 25.2. The van der Waals surface area contributed by atoms with Crippen LogP contribution in [0.25, 0.3) is 0 Å². The average Bonchev–Trinajstić information content (AvgIpc) is 3.19. The highest BCUT2D eigenvalue weighted by Gasteiger charge is 2.15. The molecule has 8 nitrogen and oxygen atoms in total. The summed E-state index contributed by atoms with van der Waals surface area (Å²) in [5.74, 6) is 0.173. The van der Waals surface area contributed by atoms with Crippen LogP contribution in [0.5, 0.6) is 11.5 Å². The first-order valence-electron chi connectivity index (χ1n) is 9.43. The maximum Gasteiger partial charge on any atom is 0.250 e. The van der Waals surface area contributed by atoms with E-state index in [4.69, 9.17) is 26.8 Å². The minimum absolute atomic E-state index is 0.0778. The van der Waals surface area contributed by atoms with E-state index in [2.05, 4.69) is 36.7 Å². The number of hydrogen-bond donors (Lipinski definition) is 2. The summed E-state index contributed by atoms with van der Waals surface area (Å²) in [6.45, 7) is 2.13. The molecule has 13 heteroatoms. The molecule has 0 saturated carbocycles. The Balaban J connectivity index is 1.65. The largest absolute Gasteiger partial charge is 0.490 e. The maximum absolute atomic E-state index is 14.1. The van der Waals surface area contributed by atoms with Crippen molar-refractivity contribution < 1.29 is 18.7 Å². The summed E-state index contributed by atoms with van der Waals surface area (Å²) < 4.78 is 26.7. The molecule has 3 rings (SSSR count). The molecule has 0 spiro atoms. The molecule has 0 atom stereocenters. The number of anilines is 1. The average molecular weight is 575 g/mol. The van der Waals surface area contributed by atoms with Crippen molar-refractivity contribution in [2.24, 2.45) is 5.10 Å². The summed E-state index contributed by atoms with van der Waals surface area (Å²) in [6.07, 6.45) is 1.47. The normalized spacial score (nSPS) is 11.0. The van der Waals surface area contributed by atoms with Gasteiger partial charge < -0.3 is 15.2 Å². The van der Waals surface area contributed by atoms with Gasteiger partial charge in [0.15, 0.2) is 15.8 Å². The molecule has 0 bridgehead atoms. The van der Waals surface area contributed by atoms with Crippen molar-refractivity contribution in [2.45, 2.75) is 17.9 Å². The van der Waals surface area contributed by atoms with E-state index in [1.54, 1.807) is 18.2 Å². The summed E-state index contributed by atoms with van der Waals surface area (Å²) in [5.41, 5.74) is 8.84. The molecule has 3 N–H and O–H groups in total. The molecule has 1 aromatic heterocycles. The number of carbonyl (C=O) groups excluding carboxylic acids is 1. The van der Waals surface area contributed by atoms with Crippen LogP contribution in [0.2, 0.25) is 5.02 Å². The van der Waals surface area contributed by atoms with E-state index in [1.807, 2.05) is 6.92 Å². The number of halogens is 3. The van der Waals surface area contributed by atoms with Crippen LogP contribution in [0.3, 0.4) is 0 Å². The Labute approximate surface area is 210 Å². The fourth-order valence-corrected chi connectivity index (χ4v) is 4.72. The van der Waals surface area contributed by atoms with Crippen molar-refractivity contribution in [3.63, 3.8) is 0 Å². The van der Waals surface area contributed by atoms with E-state index in [-0.39, 0.29) is 28.9 Å². The molecule has 0 saturated heterocycles. The molecule has 1 heterocycles. The lowest BCUT2D eigenvalue weighted by atomic mass is 10.2. The molecule has 33 heavy (non-hydrogen) atoms. The SMILES string of the molecule is CCOc1cc(C=NNC(=O)CSc2nnc(N)s2)cc(Br)c1OCc1c(F)cccc1Cl. The Hall–Kier alpha value is -2.41. The standard InChI is InChI=1S/C20H18BrClFN5O3S2/c1-2-30-16-7-11(8-25-26-17(29)10-32-20-28-27-19(24)33-20)6-13(21)18(16)31-9-12-14(22)4-3-5-15(12)23/h3-8H,2,9-10H2,1H3,(H2,24,27)(H,26,29). The second-order valence-electron chi connectivity index (χ2n) is 6.24. The molecule has 1 amide bonds. The van der Waals surface area contributed by atoms with Gasteiger partial charge in [-0.3, -0.25) is 4.79 Å². The highest BCUT2D eigenvalue weighted by Crippen LogP contribution is 2.37. The van der Waals surface area contributed by atoms with Crippen LogP contribution in [-0.2, 0) is 11.4 Å². The van der Waals surface area contributed by atoms with Crippen LogP contribution in [-0.4, -0.2) is 34.7 Å². The number of aromatic nitrogens is 2. The van der Waals surface area contributed by atoms with Gasteiger partial charge in [0, 0.05) is 5.56 Å². The van der Waals surface area contributed by atoms with Gasteiger partial charge in [-0.05, 0) is 52.7 Å². The lowest BCUT2D eigenvalue weighted by Crippen LogP contribution is -2.19. The van der Waals surface area contributed by atoms with Crippen LogP contribution in [0.4, 0.5) is 9.52 Å². The zero-order valence-corrected chi connectivity index (χ0v) is 21.2. The lowest BCUT2D eigenvalue weighted by Gasteiger charge is -2.15. The van der Waals surface area contributed by atoms with E-state index in [1.165, 1.54) is 41.4 Å². The van der Waals surface area contributed by atoms with Crippen molar-refractivity contribution in [3.05, 3.63) is 56.8 Å². The number of carbonyl (C=O) groups is 1. The fourth-order valence-electron chi connectivity index (χ4n) is 2.50. The number of nitrogens with zero attached hydrogens (tertiary/aromatic N) is 3. The number of rotatable bonds is 10. The van der Waals surface area contributed by atoms with E-state index in [0.717, 1.165) is 0 Å². The fraction of sp³-hybridized carbons (Fsp3) is 0.200. The number of benzene rings is 2. The Morgan fingerprint density at radius 3 is 2.91 bits per heavy atom. The molecule has 0 radical (unpaired) electrons. The Kier molecular flexibility index (Phi) is 9.30. The second kappa shape index (κ2) is 12.2. The van der Waals surface area contributed by atoms with Crippen molar-refractivity contribution in [1.29, 1.82) is 0 Å². The van der Waals surface area contributed by atoms with Gasteiger partial charge >= 0.3 is 0 Å². The molecular formula is C20H18BrClFN5O3S2. The number of hydrazone groups is 1. The number of nitrogens with two attached hydrogens (primary N) is 1. The summed E-state index contributed by atoms with van der Waals surface area (Å²) >= 11 is 11.9. The molecular weight excluding hydrogens is 557 g/mol. The predicted octanol–water partition coefficient (Wildman–Crippen LogP) is 4.90. The van der Waals surface area contributed by atoms with E-state index >= 15 is 0 Å². The smallest absolute Gasteiger partial charge is 0.250 e. The highest BCUT2D eigenvalue weighted by atomic mass is 79.9. The molecule has 174 valence electrons. The number of amides is 1. The topological polar surface area (TPSA) is 112 Å². The zero-order chi connectivity index (χ0) is 23.8. The molecule has 0 unspecified atom stereocenters. The predicted molar refractivity (Wildman–Crippen MR) is 132 cm³/mol. The quantitative estimate of drug-likeness (QED) is 0.201. The molecule has 2 aromatic carbocycles. The maximum atomic E-state index is 14.1. The molecule has 3 aromatic rings. The Morgan fingerprint density at radius 1 is 1.39 bits per heavy atom. The monoisotopic (exact) mass is 573 g/mol. The lowest BCUT2D eigenvalue weighted by molar-refractivity contribution is -0.118. The second-order valence-corrected chi connectivity index (χ2v) is 9.73. The van der Waals surface area contributed by atoms with Gasteiger partial charge in [0.25, 0.3) is 5.91 Å². The van der Waals surface area contributed by atoms with Crippen LogP contribution >= 0.6 is 50.6 Å². The van der Waals surface area contributed by atoms with Gasteiger partial charge in [-0.1, -0.05) is 40.8 Å². The van der Waals surface area contributed by atoms with Crippen LogP contribution in [0.1, 0.15) is 18.1 Å². The summed E-state index contributed by atoms with van der Waals surface area (Å²) in [7, 11) is 0. The van der Waals surface area contributed by atoms with Crippen LogP contribution < -0.4 is 20.6 Å². The van der Waals surface area contributed by atoms with Crippen LogP contribution in [0, 0.1) is 5.82 Å². The first-order valence-corrected chi connectivity index (χ1v) is 12.4. The third-order valence-electron chi connectivity index (χ3n) is 3.91. The third kappa shape index (κ3) is 7.29. The van der Waals surface area contributed by atoms with Gasteiger partial charge in [0.2, 0.25) is 5.13 Å². The minimum atomic E-state index is -0.455. The molecule has 0 aliphatic rings. The highest BCUT2D eigenvalue weighted by molar-refractivity contribution is 9.10. The summed E-state index contributed by atoms with van der Waals surface area (Å²) in [5, 5.41) is 12.1. The van der Waals surface area contributed by atoms with Gasteiger partial charge in [-0.2, -0.15) is 5.10 Å². The van der Waals surface area contributed by atoms with E-state index < -0.39 is 5.82 Å². The number of ether oxygens (including phenoxy) is 2. The van der Waals surface area contributed by atoms with Crippen molar-refractivity contribution >= 4 is 67.9 Å². The van der Waals surface area contributed by atoms with Gasteiger partial charge in [0.1, 0.15) is 12.4 Å². The molecule has 0 aliphatic carbocycles. The van der Waals surface area contributed by atoms with Gasteiger partial charge in [-0.15, -0.1) is 10.2 Å². The summed E-state index contributed by atoms with van der Waals surface area (Å²) in [6, 6.07) is 7.87. The van der Waals surface area contributed by atoms with E-state index in [9.17, 15) is 9.18 Å². The number of nitrogens with one attached hydrogen (secondary N) is 1. The number of nitrogen functional groups attached to an aromatic ring is 1. The zero-order valence-electron chi connectivity index (χ0n) is 17.2. The van der Waals surface area contributed by atoms with Crippen molar-refractivity contribution in [1.82, 2.24) is 15.6 Å². The Morgan fingerprint density at radius 2 is 2.21 bits per heavy atom. The number of thioether (sulfide) groups is 1. The van der Waals surface area contributed by atoms with Crippen LogP contribution in [0.15, 0.2) is 44.2 Å². The van der Waals surface area contributed by atoms with Gasteiger partial charge in [-0.25, -0.2) is 9.82 Å². The minimum Gasteiger partial charge on any atom is -0.490 e. The van der Waals surface area contributed by atoms with Crippen molar-refractivity contribution in [3.8, 4) is 11.5 Å². The Bertz CT molecular complexity index is 1140.